The molecule has 0 bridgehead atoms. The second-order valence-corrected chi connectivity index (χ2v) is 7.28. The minimum atomic E-state index is -0.198. The lowest BCUT2D eigenvalue weighted by molar-refractivity contribution is 0.0707. The fourth-order valence-electron chi connectivity index (χ4n) is 3.01. The van der Waals surface area contributed by atoms with E-state index in [0.717, 1.165) is 16.2 Å². The second kappa shape index (κ2) is 8.28. The Balaban J connectivity index is 1.57. The van der Waals surface area contributed by atoms with E-state index >= 15 is 0 Å². The van der Waals surface area contributed by atoms with Gasteiger partial charge < -0.3 is 14.6 Å². The summed E-state index contributed by atoms with van der Waals surface area (Å²) in [6.45, 7) is 1.15. The molecule has 0 aliphatic heterocycles. The molecule has 1 amide bonds. The number of thiazole rings is 1. The number of aliphatic hydroxyl groups is 1. The van der Waals surface area contributed by atoms with E-state index < -0.39 is 0 Å². The Hall–Kier alpha value is -3.10. The number of carbonyl (C=O) groups excluding carboxylic acids is 1. The summed E-state index contributed by atoms with van der Waals surface area (Å²) in [4.78, 5) is 27.6. The summed E-state index contributed by atoms with van der Waals surface area (Å²) in [7, 11) is 0. The fraction of sp³-hybridized carbons (Fsp3) is 0.200. The quantitative estimate of drug-likeness (QED) is 0.522. The smallest absolute Gasteiger partial charge is 0.255 e. The van der Waals surface area contributed by atoms with Crippen LogP contribution in [0.4, 0.5) is 0 Å². The molecule has 28 heavy (non-hydrogen) atoms. The van der Waals surface area contributed by atoms with Crippen LogP contribution in [0.3, 0.4) is 0 Å². The van der Waals surface area contributed by atoms with Crippen LogP contribution in [-0.4, -0.2) is 48.6 Å². The van der Waals surface area contributed by atoms with Gasteiger partial charge in [-0.3, -0.25) is 4.79 Å². The van der Waals surface area contributed by atoms with Crippen molar-refractivity contribution in [2.75, 3.05) is 13.2 Å². The first-order valence-electron chi connectivity index (χ1n) is 8.88. The lowest BCUT2D eigenvalue weighted by Crippen LogP contribution is -2.33. The Labute approximate surface area is 165 Å². The summed E-state index contributed by atoms with van der Waals surface area (Å²) >= 11 is 1.48. The number of hydrogen-bond donors (Lipinski definition) is 1. The molecule has 0 aliphatic rings. The van der Waals surface area contributed by atoms with Crippen LogP contribution in [0.15, 0.2) is 60.5 Å². The van der Waals surface area contributed by atoms with Crippen LogP contribution in [-0.2, 0) is 13.1 Å². The van der Waals surface area contributed by atoms with Crippen molar-refractivity contribution in [3.05, 3.63) is 76.6 Å². The van der Waals surface area contributed by atoms with E-state index in [1.807, 2.05) is 28.1 Å². The van der Waals surface area contributed by atoms with Crippen LogP contribution in [0, 0.1) is 0 Å². The zero-order valence-corrected chi connectivity index (χ0v) is 15.9. The highest BCUT2D eigenvalue weighted by atomic mass is 32.1. The number of fused-ring (bicyclic) bond motifs is 1. The lowest BCUT2D eigenvalue weighted by atomic mass is 10.2. The molecule has 1 aromatic carbocycles. The summed E-state index contributed by atoms with van der Waals surface area (Å²) in [6.07, 6.45) is 5.01. The average Bonchev–Trinajstić information content (AvgIpc) is 3.38. The van der Waals surface area contributed by atoms with Gasteiger partial charge in [-0.1, -0.05) is 30.3 Å². The highest BCUT2D eigenvalue weighted by Gasteiger charge is 2.18. The van der Waals surface area contributed by atoms with Crippen LogP contribution < -0.4 is 0 Å². The molecule has 0 fully saturated rings. The standard InChI is InChI=1S/C20H19N5O2S/c26-8-7-24(13-18-21-6-9-28-18)20(27)16-10-17-19(22-11-16)25(14-23-17)12-15-4-2-1-3-5-15/h1-6,9-11,14,26H,7-8,12-13H2. The number of nitrogens with zero attached hydrogens (tertiary/aromatic N) is 5. The molecule has 7 nitrogen and oxygen atoms in total. The minimum Gasteiger partial charge on any atom is -0.395 e. The Kier molecular flexibility index (Phi) is 5.41. The average molecular weight is 393 g/mol. The van der Waals surface area contributed by atoms with Crippen molar-refractivity contribution in [1.29, 1.82) is 0 Å². The van der Waals surface area contributed by atoms with Gasteiger partial charge in [-0.25, -0.2) is 15.0 Å². The predicted octanol–water partition coefficient (Wildman–Crippen LogP) is 2.57. The number of amides is 1. The maximum Gasteiger partial charge on any atom is 0.255 e. The second-order valence-electron chi connectivity index (χ2n) is 6.30. The summed E-state index contributed by atoms with van der Waals surface area (Å²) < 4.78 is 1.96. The third-order valence-electron chi connectivity index (χ3n) is 4.36. The maximum absolute atomic E-state index is 12.9. The number of aromatic nitrogens is 4. The first kappa shape index (κ1) is 18.3. The van der Waals surface area contributed by atoms with Gasteiger partial charge in [-0.15, -0.1) is 11.3 Å². The Bertz CT molecular complexity index is 1060. The van der Waals surface area contributed by atoms with Gasteiger partial charge in [0.2, 0.25) is 0 Å². The molecule has 0 spiro atoms. The fourth-order valence-corrected chi connectivity index (χ4v) is 3.64. The Morgan fingerprint density at radius 2 is 2.04 bits per heavy atom. The first-order valence-corrected chi connectivity index (χ1v) is 9.76. The molecule has 0 aliphatic carbocycles. The van der Waals surface area contributed by atoms with Crippen molar-refractivity contribution in [2.24, 2.45) is 0 Å². The van der Waals surface area contributed by atoms with Crippen molar-refractivity contribution in [1.82, 2.24) is 24.4 Å². The largest absolute Gasteiger partial charge is 0.395 e. The molecule has 0 atom stereocenters. The third kappa shape index (κ3) is 3.92. The number of imidazole rings is 1. The monoisotopic (exact) mass is 393 g/mol. The van der Waals surface area contributed by atoms with Crippen LogP contribution in [0.2, 0.25) is 0 Å². The van der Waals surface area contributed by atoms with Gasteiger partial charge in [0.05, 0.1) is 31.6 Å². The third-order valence-corrected chi connectivity index (χ3v) is 5.13. The van der Waals surface area contributed by atoms with Crippen LogP contribution in [0.5, 0.6) is 0 Å². The van der Waals surface area contributed by atoms with Gasteiger partial charge in [0.25, 0.3) is 5.91 Å². The van der Waals surface area contributed by atoms with E-state index in [4.69, 9.17) is 0 Å². The molecule has 0 saturated heterocycles. The zero-order valence-electron chi connectivity index (χ0n) is 15.1. The number of hydrogen-bond acceptors (Lipinski definition) is 6. The van der Waals surface area contributed by atoms with Crippen molar-refractivity contribution in [3.63, 3.8) is 0 Å². The molecule has 3 aromatic heterocycles. The van der Waals surface area contributed by atoms with Crippen LogP contribution in [0.25, 0.3) is 11.2 Å². The van der Waals surface area contributed by atoms with Crippen molar-refractivity contribution in [3.8, 4) is 0 Å². The normalized spacial score (nSPS) is 11.0. The number of carbonyl (C=O) groups is 1. The van der Waals surface area contributed by atoms with Gasteiger partial charge in [-0.2, -0.15) is 0 Å². The number of pyridine rings is 1. The zero-order chi connectivity index (χ0) is 19.3. The first-order chi connectivity index (χ1) is 13.7. The van der Waals surface area contributed by atoms with Gasteiger partial charge in [0.1, 0.15) is 10.5 Å². The summed E-state index contributed by atoms with van der Waals surface area (Å²) in [5.41, 5.74) is 3.00. The molecule has 4 rings (SSSR count). The van der Waals surface area contributed by atoms with Crippen molar-refractivity contribution < 1.29 is 9.90 Å². The SMILES string of the molecule is O=C(c1cnc2c(c1)ncn2Cc1ccccc1)N(CCO)Cc1nccs1. The maximum atomic E-state index is 12.9. The molecule has 0 saturated carbocycles. The van der Waals surface area contributed by atoms with E-state index in [1.165, 1.54) is 11.3 Å². The summed E-state index contributed by atoms with van der Waals surface area (Å²) in [6, 6.07) is 11.8. The number of aliphatic hydroxyl groups excluding tert-OH is 1. The Morgan fingerprint density at radius 1 is 1.18 bits per heavy atom. The molecule has 0 radical (unpaired) electrons. The Morgan fingerprint density at radius 3 is 2.79 bits per heavy atom. The molecule has 3 heterocycles. The van der Waals surface area contributed by atoms with E-state index in [-0.39, 0.29) is 19.1 Å². The predicted molar refractivity (Wildman–Crippen MR) is 107 cm³/mol. The molecule has 8 heteroatoms. The van der Waals surface area contributed by atoms with Crippen molar-refractivity contribution >= 4 is 28.4 Å². The van der Waals surface area contributed by atoms with Crippen molar-refractivity contribution in [2.45, 2.75) is 13.1 Å². The highest BCUT2D eigenvalue weighted by Crippen LogP contribution is 2.17. The molecule has 1 N–H and O–H groups in total. The van der Waals surface area contributed by atoms with Crippen LogP contribution >= 0.6 is 11.3 Å². The highest BCUT2D eigenvalue weighted by molar-refractivity contribution is 7.09. The van der Waals surface area contributed by atoms with Gasteiger partial charge in [-0.05, 0) is 11.6 Å². The van der Waals surface area contributed by atoms with E-state index in [0.29, 0.717) is 24.2 Å². The number of rotatable bonds is 7. The van der Waals surface area contributed by atoms with Gasteiger partial charge in [0, 0.05) is 24.3 Å². The molecular weight excluding hydrogens is 374 g/mol. The van der Waals surface area contributed by atoms with Gasteiger partial charge in [0.15, 0.2) is 5.65 Å². The van der Waals surface area contributed by atoms with Gasteiger partial charge >= 0.3 is 0 Å². The molecular formula is C20H19N5O2S. The topological polar surface area (TPSA) is 84.1 Å². The van der Waals surface area contributed by atoms with E-state index in [1.54, 1.807) is 29.7 Å². The lowest BCUT2D eigenvalue weighted by Gasteiger charge is -2.20. The summed E-state index contributed by atoms with van der Waals surface area (Å²) in [5.74, 6) is -0.198. The molecule has 142 valence electrons. The summed E-state index contributed by atoms with van der Waals surface area (Å²) in [5, 5.41) is 12.0. The van der Waals surface area contributed by atoms with E-state index in [2.05, 4.69) is 27.1 Å². The minimum absolute atomic E-state index is 0.113. The van der Waals surface area contributed by atoms with E-state index in [9.17, 15) is 9.90 Å². The molecule has 0 unspecified atom stereocenters. The molecule has 4 aromatic rings. The number of benzene rings is 1. The van der Waals surface area contributed by atoms with Crippen LogP contribution in [0.1, 0.15) is 20.9 Å².